The molecule has 0 unspecified atom stereocenters. The maximum absolute atomic E-state index is 5.87. The second-order valence-corrected chi connectivity index (χ2v) is 5.11. The van der Waals surface area contributed by atoms with Crippen LogP contribution in [0.4, 0.5) is 0 Å². The Morgan fingerprint density at radius 1 is 1.17 bits per heavy atom. The molecule has 2 nitrogen and oxygen atoms in total. The van der Waals surface area contributed by atoms with Crippen LogP contribution in [-0.4, -0.2) is 7.05 Å². The molecule has 0 fully saturated rings. The maximum atomic E-state index is 5.87. The lowest BCUT2D eigenvalue weighted by atomic mass is 10.1. The molecule has 94 valence electrons. The molecule has 0 spiro atoms. The summed E-state index contributed by atoms with van der Waals surface area (Å²) in [4.78, 5) is 0. The SMILES string of the molecule is CNCc1ccc(Oc2cccc(Br)c2)c(C)c1. The summed E-state index contributed by atoms with van der Waals surface area (Å²) in [6.45, 7) is 2.94. The van der Waals surface area contributed by atoms with Crippen molar-refractivity contribution in [3.8, 4) is 11.5 Å². The summed E-state index contributed by atoms with van der Waals surface area (Å²) >= 11 is 3.44. The first-order valence-electron chi connectivity index (χ1n) is 5.86. The molecule has 0 radical (unpaired) electrons. The van der Waals surface area contributed by atoms with E-state index in [1.807, 2.05) is 37.4 Å². The molecule has 1 N–H and O–H groups in total. The number of hydrogen-bond acceptors (Lipinski definition) is 2. The summed E-state index contributed by atoms with van der Waals surface area (Å²) in [5.41, 5.74) is 2.40. The lowest BCUT2D eigenvalue weighted by Gasteiger charge is -2.10. The standard InChI is InChI=1S/C15H16BrNO/c1-11-8-12(10-17-2)6-7-15(11)18-14-5-3-4-13(16)9-14/h3-9,17H,10H2,1-2H3. The van der Waals surface area contributed by atoms with Gasteiger partial charge in [0.05, 0.1) is 0 Å². The minimum atomic E-state index is 0.842. The van der Waals surface area contributed by atoms with Crippen molar-refractivity contribution in [2.75, 3.05) is 7.05 Å². The topological polar surface area (TPSA) is 21.3 Å². The van der Waals surface area contributed by atoms with Gasteiger partial charge in [-0.1, -0.05) is 34.1 Å². The van der Waals surface area contributed by atoms with E-state index in [0.717, 1.165) is 28.1 Å². The van der Waals surface area contributed by atoms with Gasteiger partial charge in [-0.15, -0.1) is 0 Å². The monoisotopic (exact) mass is 305 g/mol. The first-order chi connectivity index (χ1) is 8.69. The van der Waals surface area contributed by atoms with Crippen molar-refractivity contribution in [3.05, 3.63) is 58.1 Å². The molecular weight excluding hydrogens is 290 g/mol. The lowest BCUT2D eigenvalue weighted by Crippen LogP contribution is -2.05. The van der Waals surface area contributed by atoms with Crippen LogP contribution in [0.1, 0.15) is 11.1 Å². The first kappa shape index (κ1) is 13.1. The zero-order valence-electron chi connectivity index (χ0n) is 10.5. The van der Waals surface area contributed by atoms with Crippen LogP contribution in [0, 0.1) is 6.92 Å². The van der Waals surface area contributed by atoms with E-state index in [9.17, 15) is 0 Å². The Morgan fingerprint density at radius 2 is 2.00 bits per heavy atom. The quantitative estimate of drug-likeness (QED) is 0.911. The average Bonchev–Trinajstić information content (AvgIpc) is 2.33. The summed E-state index contributed by atoms with van der Waals surface area (Å²) in [6, 6.07) is 14.1. The molecule has 0 aliphatic carbocycles. The Balaban J connectivity index is 2.19. The van der Waals surface area contributed by atoms with Gasteiger partial charge in [-0.25, -0.2) is 0 Å². The van der Waals surface area contributed by atoms with Gasteiger partial charge in [-0.05, 0) is 49.4 Å². The van der Waals surface area contributed by atoms with Crippen molar-refractivity contribution in [1.29, 1.82) is 0 Å². The largest absolute Gasteiger partial charge is 0.457 e. The Morgan fingerprint density at radius 3 is 2.67 bits per heavy atom. The molecule has 0 heterocycles. The predicted molar refractivity (Wildman–Crippen MR) is 78.2 cm³/mol. The van der Waals surface area contributed by atoms with E-state index in [-0.39, 0.29) is 0 Å². The highest BCUT2D eigenvalue weighted by atomic mass is 79.9. The molecular formula is C15H16BrNO. The molecule has 0 aliphatic heterocycles. The van der Waals surface area contributed by atoms with Gasteiger partial charge in [0.1, 0.15) is 11.5 Å². The summed E-state index contributed by atoms with van der Waals surface area (Å²) in [5, 5.41) is 3.14. The van der Waals surface area contributed by atoms with Crippen molar-refractivity contribution in [3.63, 3.8) is 0 Å². The number of nitrogens with one attached hydrogen (secondary N) is 1. The fourth-order valence-electron chi connectivity index (χ4n) is 1.80. The van der Waals surface area contributed by atoms with E-state index in [4.69, 9.17) is 4.74 Å². The predicted octanol–water partition coefficient (Wildman–Crippen LogP) is 4.27. The van der Waals surface area contributed by atoms with Gasteiger partial charge in [0.15, 0.2) is 0 Å². The van der Waals surface area contributed by atoms with E-state index in [1.54, 1.807) is 0 Å². The van der Waals surface area contributed by atoms with E-state index in [0.29, 0.717) is 0 Å². The van der Waals surface area contributed by atoms with Crippen LogP contribution in [0.3, 0.4) is 0 Å². The molecule has 0 saturated heterocycles. The minimum absolute atomic E-state index is 0.842. The van der Waals surface area contributed by atoms with Crippen LogP contribution in [-0.2, 0) is 6.54 Å². The Kier molecular flexibility index (Phi) is 4.39. The summed E-state index contributed by atoms with van der Waals surface area (Å²) in [7, 11) is 1.95. The molecule has 18 heavy (non-hydrogen) atoms. The number of aryl methyl sites for hydroxylation is 1. The maximum Gasteiger partial charge on any atom is 0.130 e. The van der Waals surface area contributed by atoms with Crippen LogP contribution < -0.4 is 10.1 Å². The zero-order valence-corrected chi connectivity index (χ0v) is 12.1. The molecule has 2 aromatic carbocycles. The van der Waals surface area contributed by atoms with Crippen LogP contribution >= 0.6 is 15.9 Å². The van der Waals surface area contributed by atoms with Gasteiger partial charge in [-0.3, -0.25) is 0 Å². The van der Waals surface area contributed by atoms with Crippen molar-refractivity contribution >= 4 is 15.9 Å². The summed E-state index contributed by atoms with van der Waals surface area (Å²) in [6.07, 6.45) is 0. The Labute approximate surface area is 116 Å². The second kappa shape index (κ2) is 6.03. The highest BCUT2D eigenvalue weighted by Gasteiger charge is 2.03. The van der Waals surface area contributed by atoms with Gasteiger partial charge >= 0.3 is 0 Å². The van der Waals surface area contributed by atoms with Gasteiger partial charge < -0.3 is 10.1 Å². The van der Waals surface area contributed by atoms with Crippen LogP contribution in [0.15, 0.2) is 46.9 Å². The minimum Gasteiger partial charge on any atom is -0.457 e. The molecule has 0 amide bonds. The molecule has 0 aromatic heterocycles. The van der Waals surface area contributed by atoms with Gasteiger partial charge in [0.2, 0.25) is 0 Å². The van der Waals surface area contributed by atoms with E-state index in [1.165, 1.54) is 5.56 Å². The number of ether oxygens (including phenoxy) is 1. The van der Waals surface area contributed by atoms with Gasteiger partial charge in [0.25, 0.3) is 0 Å². The highest BCUT2D eigenvalue weighted by Crippen LogP contribution is 2.27. The molecule has 3 heteroatoms. The molecule has 0 atom stereocenters. The Hall–Kier alpha value is -1.32. The normalized spacial score (nSPS) is 10.4. The first-order valence-corrected chi connectivity index (χ1v) is 6.66. The number of rotatable bonds is 4. The third-order valence-corrected chi connectivity index (χ3v) is 3.14. The van der Waals surface area contributed by atoms with Crippen molar-refractivity contribution < 1.29 is 4.74 Å². The zero-order chi connectivity index (χ0) is 13.0. The van der Waals surface area contributed by atoms with Crippen molar-refractivity contribution in [1.82, 2.24) is 5.32 Å². The number of halogens is 1. The van der Waals surface area contributed by atoms with Gasteiger partial charge in [0, 0.05) is 11.0 Å². The van der Waals surface area contributed by atoms with Crippen molar-refractivity contribution in [2.24, 2.45) is 0 Å². The van der Waals surface area contributed by atoms with Crippen molar-refractivity contribution in [2.45, 2.75) is 13.5 Å². The highest BCUT2D eigenvalue weighted by molar-refractivity contribution is 9.10. The van der Waals surface area contributed by atoms with E-state index < -0.39 is 0 Å². The molecule has 0 bridgehead atoms. The fourth-order valence-corrected chi connectivity index (χ4v) is 2.18. The number of benzene rings is 2. The van der Waals surface area contributed by atoms with Crippen LogP contribution in [0.25, 0.3) is 0 Å². The van der Waals surface area contributed by atoms with E-state index in [2.05, 4.69) is 40.3 Å². The lowest BCUT2D eigenvalue weighted by molar-refractivity contribution is 0.478. The fraction of sp³-hybridized carbons (Fsp3) is 0.200. The smallest absolute Gasteiger partial charge is 0.130 e. The average molecular weight is 306 g/mol. The summed E-state index contributed by atoms with van der Waals surface area (Å²) < 4.78 is 6.89. The molecule has 0 aliphatic rings. The molecule has 2 rings (SSSR count). The van der Waals surface area contributed by atoms with Crippen LogP contribution in [0.2, 0.25) is 0 Å². The third kappa shape index (κ3) is 3.34. The number of hydrogen-bond donors (Lipinski definition) is 1. The van der Waals surface area contributed by atoms with E-state index >= 15 is 0 Å². The summed E-state index contributed by atoms with van der Waals surface area (Å²) in [5.74, 6) is 1.74. The van der Waals surface area contributed by atoms with Crippen LogP contribution in [0.5, 0.6) is 11.5 Å². The third-order valence-electron chi connectivity index (χ3n) is 2.64. The van der Waals surface area contributed by atoms with Gasteiger partial charge in [-0.2, -0.15) is 0 Å². The molecule has 2 aromatic rings. The molecule has 0 saturated carbocycles. The Bertz CT molecular complexity index is 540. The second-order valence-electron chi connectivity index (χ2n) is 4.19.